The van der Waals surface area contributed by atoms with E-state index in [0.29, 0.717) is 0 Å². The van der Waals surface area contributed by atoms with Gasteiger partial charge in [-0.25, -0.2) is 9.36 Å². The predicted molar refractivity (Wildman–Crippen MR) is 75.4 cm³/mol. The van der Waals surface area contributed by atoms with E-state index in [1.54, 1.807) is 0 Å². The van der Waals surface area contributed by atoms with Crippen LogP contribution in [0.5, 0.6) is 0 Å². The maximum Gasteiger partial charge on any atom is 0.469 e. The third-order valence-electron chi connectivity index (χ3n) is 3.45. The minimum Gasteiger partial charge on any atom is -0.478 e. The van der Waals surface area contributed by atoms with Crippen molar-refractivity contribution < 1.29 is 43.7 Å². The average molecular weight is 349 g/mol. The third-order valence-corrected chi connectivity index (χ3v) is 3.93. The number of hydrogen-bond acceptors (Lipinski definition) is 7. The minimum absolute atomic E-state index is 0.132. The molecular weight excluding hydrogens is 333 g/mol. The Kier molecular flexibility index (Phi) is 5.07. The van der Waals surface area contributed by atoms with Crippen molar-refractivity contribution in [3.8, 4) is 0 Å². The number of phosphoric ester groups is 1. The molecule has 128 valence electrons. The van der Waals surface area contributed by atoms with Gasteiger partial charge in [0.05, 0.1) is 17.9 Å². The zero-order chi connectivity index (χ0) is 17.4. The van der Waals surface area contributed by atoms with Crippen LogP contribution >= 0.6 is 7.82 Å². The summed E-state index contributed by atoms with van der Waals surface area (Å²) in [7, 11) is -4.76. The Morgan fingerprint density at radius 2 is 1.96 bits per heavy atom. The molecule has 1 aromatic carbocycles. The highest BCUT2D eigenvalue weighted by molar-refractivity contribution is 7.46. The summed E-state index contributed by atoms with van der Waals surface area (Å²) in [6.45, 7) is -0.655. The Bertz CT molecular complexity index is 645. The van der Waals surface area contributed by atoms with E-state index < -0.39 is 44.8 Å². The SMILES string of the molecule is Nc1c(C(=O)O)cccc1C1O[C@H](COP(=O)(O)O)[C@@H](O)[C@H]1O. The summed E-state index contributed by atoms with van der Waals surface area (Å²) in [5, 5.41) is 29.0. The second kappa shape index (κ2) is 6.54. The molecule has 2 rings (SSSR count). The number of nitrogens with two attached hydrogens (primary N) is 1. The van der Waals surface area contributed by atoms with Gasteiger partial charge in [0.1, 0.15) is 24.4 Å². The number of aliphatic hydroxyl groups is 2. The van der Waals surface area contributed by atoms with Crippen LogP contribution < -0.4 is 5.73 Å². The molecule has 4 atom stereocenters. The topological polar surface area (TPSA) is 180 Å². The maximum atomic E-state index is 11.1. The lowest BCUT2D eigenvalue weighted by Crippen LogP contribution is -2.33. The van der Waals surface area contributed by atoms with E-state index in [1.807, 2.05) is 0 Å². The normalized spacial score (nSPS) is 28.0. The van der Waals surface area contributed by atoms with Crippen LogP contribution in [0.2, 0.25) is 0 Å². The number of para-hydroxylation sites is 1. The van der Waals surface area contributed by atoms with Crippen LogP contribution in [0.25, 0.3) is 0 Å². The van der Waals surface area contributed by atoms with Crippen molar-refractivity contribution in [2.45, 2.75) is 24.4 Å². The standard InChI is InChI=1S/C12H16NO9P/c13-8-5(2-1-3-6(8)12(16)17)11-10(15)9(14)7(22-11)4-21-23(18,19)20/h1-3,7,9-11,14-15H,4,13H2,(H,16,17)(H2,18,19,20)/t7-,9-,10-,11?/m1/s1. The highest BCUT2D eigenvalue weighted by Gasteiger charge is 2.45. The monoisotopic (exact) mass is 349 g/mol. The molecule has 1 aliphatic rings. The number of hydrogen-bond donors (Lipinski definition) is 6. The van der Waals surface area contributed by atoms with E-state index in [-0.39, 0.29) is 16.8 Å². The Labute approximate surface area is 130 Å². The number of carboxylic acid groups (broad SMARTS) is 1. The molecule has 1 unspecified atom stereocenters. The third kappa shape index (κ3) is 3.88. The Morgan fingerprint density at radius 1 is 1.30 bits per heavy atom. The van der Waals surface area contributed by atoms with Crippen LogP contribution in [0, 0.1) is 0 Å². The first kappa shape index (κ1) is 17.8. The molecular formula is C12H16NO9P. The zero-order valence-electron chi connectivity index (χ0n) is 11.6. The average Bonchev–Trinajstić information content (AvgIpc) is 2.72. The van der Waals surface area contributed by atoms with E-state index in [4.69, 9.17) is 25.4 Å². The summed E-state index contributed by atoms with van der Waals surface area (Å²) in [6.07, 6.45) is -5.32. The molecule has 0 bridgehead atoms. The number of carboxylic acids is 1. The largest absolute Gasteiger partial charge is 0.478 e. The van der Waals surface area contributed by atoms with Gasteiger partial charge < -0.3 is 35.6 Å². The van der Waals surface area contributed by atoms with Gasteiger partial charge in [0.15, 0.2) is 0 Å². The van der Waals surface area contributed by atoms with Crippen LogP contribution in [0.15, 0.2) is 18.2 Å². The first-order valence-electron chi connectivity index (χ1n) is 6.45. The molecule has 10 nitrogen and oxygen atoms in total. The summed E-state index contributed by atoms with van der Waals surface area (Å²) >= 11 is 0. The summed E-state index contributed by atoms with van der Waals surface area (Å²) < 4.78 is 20.3. The van der Waals surface area contributed by atoms with Crippen LogP contribution in [0.3, 0.4) is 0 Å². The first-order valence-corrected chi connectivity index (χ1v) is 7.98. The van der Waals surface area contributed by atoms with Crippen LogP contribution in [0.1, 0.15) is 22.0 Å². The molecule has 0 saturated carbocycles. The fourth-order valence-electron chi connectivity index (χ4n) is 2.33. The Hall–Kier alpha value is -1.52. The molecule has 0 radical (unpaired) electrons. The molecule has 1 aliphatic heterocycles. The number of ether oxygens (including phenoxy) is 1. The number of aromatic carboxylic acids is 1. The summed E-state index contributed by atoms with van der Waals surface area (Å²) in [4.78, 5) is 28.4. The van der Waals surface area contributed by atoms with Crippen molar-refractivity contribution in [3.05, 3.63) is 29.3 Å². The molecule has 0 amide bonds. The van der Waals surface area contributed by atoms with Gasteiger partial charge in [0.25, 0.3) is 0 Å². The Morgan fingerprint density at radius 3 is 2.52 bits per heavy atom. The van der Waals surface area contributed by atoms with Crippen molar-refractivity contribution >= 4 is 19.5 Å². The molecule has 1 fully saturated rings. The van der Waals surface area contributed by atoms with E-state index in [9.17, 15) is 19.6 Å². The second-order valence-corrected chi connectivity index (χ2v) is 6.22. The van der Waals surface area contributed by atoms with Gasteiger partial charge in [-0.1, -0.05) is 12.1 Å². The molecule has 0 spiro atoms. The highest BCUT2D eigenvalue weighted by atomic mass is 31.2. The predicted octanol–water partition coefficient (Wildman–Crippen LogP) is -0.762. The van der Waals surface area contributed by atoms with Gasteiger partial charge in [0, 0.05) is 5.56 Å². The van der Waals surface area contributed by atoms with E-state index in [0.717, 1.165) is 0 Å². The highest BCUT2D eigenvalue weighted by Crippen LogP contribution is 2.40. The Balaban J connectivity index is 2.23. The van der Waals surface area contributed by atoms with Crippen LogP contribution in [-0.4, -0.2) is 56.0 Å². The van der Waals surface area contributed by atoms with Crippen LogP contribution in [-0.2, 0) is 13.8 Å². The lowest BCUT2D eigenvalue weighted by molar-refractivity contribution is -0.0221. The number of rotatable bonds is 5. The molecule has 1 saturated heterocycles. The van der Waals surface area contributed by atoms with Gasteiger partial charge in [-0.3, -0.25) is 4.52 Å². The number of benzene rings is 1. The smallest absolute Gasteiger partial charge is 0.469 e. The fraction of sp³-hybridized carbons (Fsp3) is 0.417. The lowest BCUT2D eigenvalue weighted by atomic mass is 9.98. The summed E-state index contributed by atoms with van der Waals surface area (Å²) in [5.74, 6) is -1.27. The summed E-state index contributed by atoms with van der Waals surface area (Å²) in [6, 6.07) is 4.10. The molecule has 7 N–H and O–H groups in total. The van der Waals surface area contributed by atoms with Gasteiger partial charge in [0.2, 0.25) is 0 Å². The number of carbonyl (C=O) groups is 1. The number of anilines is 1. The molecule has 1 aromatic rings. The quantitative estimate of drug-likeness (QED) is 0.292. The van der Waals surface area contributed by atoms with Gasteiger partial charge in [-0.05, 0) is 6.07 Å². The molecule has 1 heterocycles. The fourth-order valence-corrected chi connectivity index (χ4v) is 2.67. The minimum atomic E-state index is -4.76. The zero-order valence-corrected chi connectivity index (χ0v) is 12.5. The summed E-state index contributed by atoms with van der Waals surface area (Å²) in [5.41, 5.74) is 5.58. The maximum absolute atomic E-state index is 11.1. The lowest BCUT2D eigenvalue weighted by Gasteiger charge is -2.18. The van der Waals surface area contributed by atoms with Crippen molar-refractivity contribution in [2.75, 3.05) is 12.3 Å². The van der Waals surface area contributed by atoms with E-state index >= 15 is 0 Å². The molecule has 23 heavy (non-hydrogen) atoms. The van der Waals surface area contributed by atoms with Crippen molar-refractivity contribution in [3.63, 3.8) is 0 Å². The van der Waals surface area contributed by atoms with Gasteiger partial charge >= 0.3 is 13.8 Å². The number of phosphoric acid groups is 1. The number of nitrogen functional groups attached to an aromatic ring is 1. The number of aliphatic hydroxyl groups excluding tert-OH is 2. The first-order chi connectivity index (χ1) is 10.6. The molecule has 0 aromatic heterocycles. The molecule has 0 aliphatic carbocycles. The van der Waals surface area contributed by atoms with Gasteiger partial charge in [-0.15, -0.1) is 0 Å². The van der Waals surface area contributed by atoms with Crippen molar-refractivity contribution in [2.24, 2.45) is 0 Å². The van der Waals surface area contributed by atoms with Gasteiger partial charge in [-0.2, -0.15) is 0 Å². The second-order valence-electron chi connectivity index (χ2n) is 4.98. The molecule has 11 heteroatoms. The van der Waals surface area contributed by atoms with Crippen molar-refractivity contribution in [1.29, 1.82) is 0 Å². The van der Waals surface area contributed by atoms with Crippen molar-refractivity contribution in [1.82, 2.24) is 0 Å². The van der Waals surface area contributed by atoms with Crippen LogP contribution in [0.4, 0.5) is 5.69 Å². The van der Waals surface area contributed by atoms with E-state index in [2.05, 4.69) is 4.52 Å². The van der Waals surface area contributed by atoms with E-state index in [1.165, 1.54) is 18.2 Å².